The number of nitrogens with two attached hydrogens (primary N) is 1. The van der Waals surface area contributed by atoms with E-state index in [4.69, 9.17) is 17.3 Å². The number of thioether (sulfide) groups is 1. The first kappa shape index (κ1) is 19.3. The van der Waals surface area contributed by atoms with Crippen LogP contribution in [-0.2, 0) is 16.0 Å². The lowest BCUT2D eigenvalue weighted by molar-refractivity contribution is -0.121. The molecule has 2 aromatic carbocycles. The highest BCUT2D eigenvalue weighted by molar-refractivity contribution is 8.18. The van der Waals surface area contributed by atoms with E-state index in [9.17, 15) is 14.4 Å². The summed E-state index contributed by atoms with van der Waals surface area (Å²) in [6.45, 7) is 0. The van der Waals surface area contributed by atoms with Crippen molar-refractivity contribution >= 4 is 57.4 Å². The molecule has 4 rings (SSSR count). The van der Waals surface area contributed by atoms with Crippen molar-refractivity contribution in [2.24, 2.45) is 5.73 Å². The van der Waals surface area contributed by atoms with Gasteiger partial charge in [0.15, 0.2) is 0 Å². The molecule has 1 saturated heterocycles. The smallest absolute Gasteiger partial charge is 0.290 e. The lowest BCUT2D eigenvalue weighted by Crippen LogP contribution is -2.27. The third-order valence-electron chi connectivity index (χ3n) is 4.71. The number of rotatable bonds is 5. The first-order valence-corrected chi connectivity index (χ1v) is 10.00. The van der Waals surface area contributed by atoms with Gasteiger partial charge in [0.1, 0.15) is 6.04 Å². The van der Waals surface area contributed by atoms with Crippen LogP contribution in [0.2, 0.25) is 5.02 Å². The van der Waals surface area contributed by atoms with Crippen LogP contribution in [0.5, 0.6) is 0 Å². The Kier molecular flexibility index (Phi) is 5.17. The molecule has 146 valence electrons. The van der Waals surface area contributed by atoms with Crippen LogP contribution in [0.25, 0.3) is 17.0 Å². The number of nitrogens with zero attached hydrogens (tertiary/aromatic N) is 1. The fourth-order valence-corrected chi connectivity index (χ4v) is 4.15. The molecular formula is C21H16ClN3O3S. The minimum Gasteiger partial charge on any atom is -0.368 e. The van der Waals surface area contributed by atoms with Gasteiger partial charge in [-0.15, -0.1) is 0 Å². The van der Waals surface area contributed by atoms with E-state index < -0.39 is 23.1 Å². The van der Waals surface area contributed by atoms with E-state index in [1.807, 2.05) is 41.0 Å². The van der Waals surface area contributed by atoms with Crippen molar-refractivity contribution < 1.29 is 14.4 Å². The molecule has 0 radical (unpaired) electrons. The molecule has 6 nitrogen and oxygen atoms in total. The van der Waals surface area contributed by atoms with E-state index in [0.717, 1.165) is 33.8 Å². The summed E-state index contributed by atoms with van der Waals surface area (Å²) >= 11 is 6.80. The summed E-state index contributed by atoms with van der Waals surface area (Å²) in [5.74, 6) is -0.896. The first-order chi connectivity index (χ1) is 13.9. The molecule has 29 heavy (non-hydrogen) atoms. The van der Waals surface area contributed by atoms with Gasteiger partial charge in [-0.2, -0.15) is 0 Å². The molecule has 1 aliphatic heterocycles. The number of carbonyl (C=O) groups excluding carboxylic acids is 3. The number of fused-ring (bicyclic) bond motifs is 1. The topological polar surface area (TPSA) is 94.2 Å². The number of carbonyl (C=O) groups is 3. The Balaban J connectivity index is 1.79. The van der Waals surface area contributed by atoms with Crippen molar-refractivity contribution in [2.45, 2.75) is 12.5 Å². The third kappa shape index (κ3) is 3.92. The first-order valence-electron chi connectivity index (χ1n) is 8.80. The van der Waals surface area contributed by atoms with Crippen molar-refractivity contribution in [2.75, 3.05) is 0 Å². The lowest BCUT2D eigenvalue weighted by atomic mass is 10.1. The molecule has 2 heterocycles. The fourth-order valence-electron chi connectivity index (χ4n) is 3.35. The van der Waals surface area contributed by atoms with E-state index in [0.29, 0.717) is 16.3 Å². The molecule has 3 N–H and O–H groups in total. The second-order valence-corrected chi connectivity index (χ2v) is 8.06. The van der Waals surface area contributed by atoms with Gasteiger partial charge < -0.3 is 10.3 Å². The number of primary amides is 1. The van der Waals surface area contributed by atoms with Crippen molar-refractivity contribution in [1.29, 1.82) is 0 Å². The van der Waals surface area contributed by atoms with Gasteiger partial charge in [-0.05, 0) is 41.6 Å². The van der Waals surface area contributed by atoms with Gasteiger partial charge >= 0.3 is 0 Å². The highest BCUT2D eigenvalue weighted by atomic mass is 35.5. The van der Waals surface area contributed by atoms with Crippen molar-refractivity contribution in [3.05, 3.63) is 75.8 Å². The van der Waals surface area contributed by atoms with Gasteiger partial charge in [0.25, 0.3) is 11.1 Å². The zero-order valence-corrected chi connectivity index (χ0v) is 16.7. The molecule has 0 aliphatic carbocycles. The molecule has 0 spiro atoms. The monoisotopic (exact) mass is 425 g/mol. The Bertz CT molecular complexity index is 1170. The van der Waals surface area contributed by atoms with Crippen molar-refractivity contribution in [1.82, 2.24) is 9.88 Å². The molecule has 8 heteroatoms. The van der Waals surface area contributed by atoms with Crippen LogP contribution >= 0.6 is 23.4 Å². The Morgan fingerprint density at radius 2 is 1.90 bits per heavy atom. The molecule has 1 aliphatic rings. The Labute approximate surface area is 175 Å². The second kappa shape index (κ2) is 7.77. The van der Waals surface area contributed by atoms with Gasteiger partial charge in [0.05, 0.1) is 4.91 Å². The van der Waals surface area contributed by atoms with Crippen LogP contribution in [0.3, 0.4) is 0 Å². The molecule has 0 bridgehead atoms. The highest BCUT2D eigenvalue weighted by Gasteiger charge is 2.26. The molecule has 0 saturated carbocycles. The van der Waals surface area contributed by atoms with Crippen LogP contribution < -0.4 is 11.1 Å². The van der Waals surface area contributed by atoms with Gasteiger partial charge in [0, 0.05) is 34.1 Å². The number of benzene rings is 2. The molecule has 3 amide bonds. The average molecular weight is 426 g/mol. The molecule has 1 aromatic heterocycles. The van der Waals surface area contributed by atoms with E-state index >= 15 is 0 Å². The van der Waals surface area contributed by atoms with Gasteiger partial charge in [0.2, 0.25) is 5.91 Å². The number of nitrogens with one attached hydrogen (secondary N) is 1. The molecular weight excluding hydrogens is 410 g/mol. The summed E-state index contributed by atoms with van der Waals surface area (Å²) in [6.07, 6.45) is 3.85. The van der Waals surface area contributed by atoms with Gasteiger partial charge in [-0.25, -0.2) is 0 Å². The summed E-state index contributed by atoms with van der Waals surface area (Å²) in [5, 5.41) is 3.32. The summed E-state index contributed by atoms with van der Waals surface area (Å²) in [6, 6.07) is 14.2. The summed E-state index contributed by atoms with van der Waals surface area (Å²) in [4.78, 5) is 36.0. The quantitative estimate of drug-likeness (QED) is 0.606. The SMILES string of the molecule is NC(=O)C(Cc1ccc(Cl)cc1)n1cc(C=C2SC(=O)NC2=O)c2ccccc21. The molecule has 1 fully saturated rings. The largest absolute Gasteiger partial charge is 0.368 e. The van der Waals surface area contributed by atoms with Crippen LogP contribution in [0.1, 0.15) is 17.2 Å². The summed E-state index contributed by atoms with van der Waals surface area (Å²) in [7, 11) is 0. The lowest BCUT2D eigenvalue weighted by Gasteiger charge is -2.17. The predicted molar refractivity (Wildman–Crippen MR) is 114 cm³/mol. The number of amides is 3. The standard InChI is InChI=1S/C21H16ClN3O3S/c22-14-7-5-12(6-8-14)9-17(19(23)26)25-11-13(15-3-1-2-4-16(15)25)10-18-20(27)24-21(28)29-18/h1-8,10-11,17H,9H2,(H2,23,26)(H,24,27,28). The number of para-hydroxylation sites is 1. The maximum atomic E-state index is 12.3. The van der Waals surface area contributed by atoms with Gasteiger partial charge in [-0.3, -0.25) is 19.7 Å². The van der Waals surface area contributed by atoms with E-state index in [-0.39, 0.29) is 0 Å². The number of halogens is 1. The van der Waals surface area contributed by atoms with Crippen molar-refractivity contribution in [3.8, 4) is 0 Å². The summed E-state index contributed by atoms with van der Waals surface area (Å²) < 4.78 is 1.82. The van der Waals surface area contributed by atoms with E-state index in [1.165, 1.54) is 0 Å². The minimum absolute atomic E-state index is 0.311. The highest BCUT2D eigenvalue weighted by Crippen LogP contribution is 2.32. The number of hydrogen-bond acceptors (Lipinski definition) is 4. The van der Waals surface area contributed by atoms with Crippen molar-refractivity contribution in [3.63, 3.8) is 0 Å². The Morgan fingerprint density at radius 1 is 1.17 bits per heavy atom. The number of imide groups is 1. The second-order valence-electron chi connectivity index (χ2n) is 6.61. The van der Waals surface area contributed by atoms with E-state index in [1.54, 1.807) is 24.4 Å². The fraction of sp³-hybridized carbons (Fsp3) is 0.0952. The van der Waals surface area contributed by atoms with Crippen LogP contribution in [0, 0.1) is 0 Å². The van der Waals surface area contributed by atoms with Crippen LogP contribution in [0.4, 0.5) is 4.79 Å². The minimum atomic E-state index is -0.625. The third-order valence-corrected chi connectivity index (χ3v) is 5.77. The molecule has 3 aromatic rings. The maximum Gasteiger partial charge on any atom is 0.290 e. The van der Waals surface area contributed by atoms with Crippen LogP contribution in [-0.4, -0.2) is 21.6 Å². The van der Waals surface area contributed by atoms with Crippen LogP contribution in [0.15, 0.2) is 59.6 Å². The van der Waals surface area contributed by atoms with Gasteiger partial charge in [-0.1, -0.05) is 41.9 Å². The Hall–Kier alpha value is -3.03. The zero-order valence-electron chi connectivity index (χ0n) is 15.1. The number of hydrogen-bond donors (Lipinski definition) is 2. The molecule has 1 atom stereocenters. The molecule has 1 unspecified atom stereocenters. The normalized spacial score (nSPS) is 16.4. The average Bonchev–Trinajstić information content (AvgIpc) is 3.21. The predicted octanol–water partition coefficient (Wildman–Crippen LogP) is 3.89. The van der Waals surface area contributed by atoms with E-state index in [2.05, 4.69) is 5.32 Å². The summed E-state index contributed by atoms with van der Waals surface area (Å²) in [5.41, 5.74) is 8.20. The zero-order chi connectivity index (χ0) is 20.5. The maximum absolute atomic E-state index is 12.3. The Morgan fingerprint density at radius 3 is 2.55 bits per heavy atom. The number of aromatic nitrogens is 1.